The molecule has 0 bridgehead atoms. The van der Waals surface area contributed by atoms with Gasteiger partial charge in [0.25, 0.3) is 0 Å². The van der Waals surface area contributed by atoms with Gasteiger partial charge in [0, 0.05) is 11.8 Å². The van der Waals surface area contributed by atoms with E-state index in [1.165, 1.54) is 0 Å². The average Bonchev–Trinajstić information content (AvgIpc) is 2.75. The normalized spacial score (nSPS) is 16.0. The highest BCUT2D eigenvalue weighted by Crippen LogP contribution is 2.41. The van der Waals surface area contributed by atoms with Crippen molar-refractivity contribution in [3.05, 3.63) is 35.9 Å². The SMILES string of the molecule is CC(C)OC(OC(C)C)C(C)(C)C(=O)[C@H](C)[C@H](O[Si](C)(C)C(C)(C)C)[C@@H](C)COCc1ccccc1. The second-order valence-electron chi connectivity index (χ2n) is 12.9. The fraction of sp³-hybridized carbons (Fsp3) is 0.767. The number of ketones is 1. The number of rotatable bonds is 15. The van der Waals surface area contributed by atoms with Gasteiger partial charge >= 0.3 is 0 Å². The van der Waals surface area contributed by atoms with E-state index >= 15 is 0 Å². The summed E-state index contributed by atoms with van der Waals surface area (Å²) in [5, 5.41) is 0.0260. The molecule has 0 spiro atoms. The van der Waals surface area contributed by atoms with Crippen molar-refractivity contribution in [3.63, 3.8) is 0 Å². The van der Waals surface area contributed by atoms with Gasteiger partial charge in [0.1, 0.15) is 5.78 Å². The molecular weight excluding hydrogens is 468 g/mol. The molecule has 36 heavy (non-hydrogen) atoms. The predicted molar refractivity (Wildman–Crippen MR) is 152 cm³/mol. The first-order chi connectivity index (χ1) is 16.4. The van der Waals surface area contributed by atoms with Crippen LogP contribution in [0.3, 0.4) is 0 Å². The number of carbonyl (C=O) groups is 1. The molecular formula is C30H54O5Si. The Morgan fingerprint density at radius 1 is 0.861 bits per heavy atom. The Balaban J connectivity index is 3.19. The Morgan fingerprint density at radius 2 is 1.36 bits per heavy atom. The zero-order valence-corrected chi connectivity index (χ0v) is 26.3. The lowest BCUT2D eigenvalue weighted by molar-refractivity contribution is -0.229. The highest BCUT2D eigenvalue weighted by atomic mass is 28.4. The topological polar surface area (TPSA) is 54.0 Å². The van der Waals surface area contributed by atoms with Crippen LogP contribution in [0.1, 0.15) is 81.7 Å². The number of benzene rings is 1. The molecule has 0 aliphatic carbocycles. The van der Waals surface area contributed by atoms with Gasteiger partial charge in [-0.3, -0.25) is 4.79 Å². The Hall–Kier alpha value is -1.05. The maximum atomic E-state index is 14.1. The third-order valence-corrected chi connectivity index (χ3v) is 11.7. The molecule has 0 aromatic heterocycles. The number of ether oxygens (including phenoxy) is 3. The Kier molecular flexibility index (Phi) is 12.5. The van der Waals surface area contributed by atoms with E-state index < -0.39 is 20.0 Å². The lowest BCUT2D eigenvalue weighted by Crippen LogP contribution is -2.53. The van der Waals surface area contributed by atoms with Crippen LogP contribution in [0, 0.1) is 17.3 Å². The largest absolute Gasteiger partial charge is 0.413 e. The first kappa shape index (κ1) is 33.0. The smallest absolute Gasteiger partial charge is 0.192 e. The molecule has 208 valence electrons. The van der Waals surface area contributed by atoms with Gasteiger partial charge in [-0.1, -0.05) is 65.0 Å². The van der Waals surface area contributed by atoms with Gasteiger partial charge in [0.15, 0.2) is 14.6 Å². The lowest BCUT2D eigenvalue weighted by Gasteiger charge is -2.44. The van der Waals surface area contributed by atoms with Crippen molar-refractivity contribution in [2.45, 2.75) is 126 Å². The second-order valence-corrected chi connectivity index (χ2v) is 17.7. The van der Waals surface area contributed by atoms with Crippen LogP contribution in [-0.4, -0.2) is 45.3 Å². The molecule has 0 aliphatic heterocycles. The molecule has 1 rings (SSSR count). The number of hydrogen-bond donors (Lipinski definition) is 0. The third-order valence-electron chi connectivity index (χ3n) is 7.21. The van der Waals surface area contributed by atoms with E-state index in [4.69, 9.17) is 18.6 Å². The summed E-state index contributed by atoms with van der Waals surface area (Å²) in [7, 11) is -2.15. The molecule has 6 heteroatoms. The maximum Gasteiger partial charge on any atom is 0.192 e. The van der Waals surface area contributed by atoms with Crippen LogP contribution in [0.25, 0.3) is 0 Å². The molecule has 0 fully saturated rings. The molecule has 0 saturated heterocycles. The second kappa shape index (κ2) is 13.7. The van der Waals surface area contributed by atoms with Crippen molar-refractivity contribution in [1.82, 2.24) is 0 Å². The van der Waals surface area contributed by atoms with Gasteiger partial charge in [0.05, 0.1) is 36.9 Å². The Labute approximate surface area is 222 Å². The van der Waals surface area contributed by atoms with Crippen LogP contribution < -0.4 is 0 Å². The molecule has 0 unspecified atom stereocenters. The molecule has 5 nitrogen and oxygen atoms in total. The predicted octanol–water partition coefficient (Wildman–Crippen LogP) is 7.64. The minimum absolute atomic E-state index is 0.0260. The highest BCUT2D eigenvalue weighted by Gasteiger charge is 2.47. The molecule has 0 radical (unpaired) electrons. The third kappa shape index (κ3) is 9.68. The highest BCUT2D eigenvalue weighted by molar-refractivity contribution is 6.74. The zero-order chi connectivity index (χ0) is 27.9. The van der Waals surface area contributed by atoms with Gasteiger partial charge in [-0.2, -0.15) is 0 Å². The molecule has 0 heterocycles. The van der Waals surface area contributed by atoms with E-state index in [1.807, 2.05) is 66.7 Å². The summed E-state index contributed by atoms with van der Waals surface area (Å²) in [6.07, 6.45) is -1.01. The van der Waals surface area contributed by atoms with Gasteiger partial charge in [-0.05, 0) is 65.2 Å². The van der Waals surface area contributed by atoms with E-state index in [2.05, 4.69) is 52.9 Å². The molecule has 0 saturated carbocycles. The Bertz CT molecular complexity index is 772. The van der Waals surface area contributed by atoms with Gasteiger partial charge in [-0.25, -0.2) is 0 Å². The minimum Gasteiger partial charge on any atom is -0.413 e. The van der Waals surface area contributed by atoms with E-state index in [1.54, 1.807) is 0 Å². The van der Waals surface area contributed by atoms with E-state index in [-0.39, 0.29) is 41.0 Å². The molecule has 0 N–H and O–H groups in total. The van der Waals surface area contributed by atoms with Crippen LogP contribution in [0.5, 0.6) is 0 Å². The average molecular weight is 523 g/mol. The summed E-state index contributed by atoms with van der Waals surface area (Å²) in [5.74, 6) is -0.223. The quantitative estimate of drug-likeness (QED) is 0.175. The maximum absolute atomic E-state index is 14.1. The number of Topliss-reactive ketones (excluding diaryl/α,β-unsaturated/α-hetero) is 1. The molecule has 0 aliphatic rings. The van der Waals surface area contributed by atoms with Gasteiger partial charge < -0.3 is 18.6 Å². The van der Waals surface area contributed by atoms with Crippen LogP contribution in [-0.2, 0) is 30.0 Å². The van der Waals surface area contributed by atoms with Crippen molar-refractivity contribution in [2.24, 2.45) is 17.3 Å². The summed E-state index contributed by atoms with van der Waals surface area (Å²) in [4.78, 5) is 14.1. The zero-order valence-electron chi connectivity index (χ0n) is 25.3. The summed E-state index contributed by atoms with van der Waals surface area (Å²) >= 11 is 0. The first-order valence-corrected chi connectivity index (χ1v) is 16.5. The summed E-state index contributed by atoms with van der Waals surface area (Å²) < 4.78 is 25.3. The van der Waals surface area contributed by atoms with Crippen LogP contribution in [0.4, 0.5) is 0 Å². The van der Waals surface area contributed by atoms with Gasteiger partial charge in [-0.15, -0.1) is 0 Å². The van der Waals surface area contributed by atoms with Crippen molar-refractivity contribution in [2.75, 3.05) is 6.61 Å². The first-order valence-electron chi connectivity index (χ1n) is 13.5. The summed E-state index contributed by atoms with van der Waals surface area (Å²) in [6.45, 7) is 28.1. The molecule has 0 amide bonds. The van der Waals surface area contributed by atoms with E-state index in [0.29, 0.717) is 13.2 Å². The van der Waals surface area contributed by atoms with Crippen molar-refractivity contribution in [3.8, 4) is 0 Å². The van der Waals surface area contributed by atoms with Crippen molar-refractivity contribution < 1.29 is 23.4 Å². The number of carbonyl (C=O) groups excluding carboxylic acids is 1. The number of hydrogen-bond acceptors (Lipinski definition) is 5. The van der Waals surface area contributed by atoms with E-state index in [0.717, 1.165) is 5.56 Å². The van der Waals surface area contributed by atoms with Crippen molar-refractivity contribution >= 4 is 14.1 Å². The lowest BCUT2D eigenvalue weighted by atomic mass is 9.77. The van der Waals surface area contributed by atoms with Crippen LogP contribution in [0.15, 0.2) is 30.3 Å². The van der Waals surface area contributed by atoms with Crippen LogP contribution in [0.2, 0.25) is 18.1 Å². The fourth-order valence-electron chi connectivity index (χ4n) is 3.98. The van der Waals surface area contributed by atoms with Crippen molar-refractivity contribution in [1.29, 1.82) is 0 Å². The summed E-state index contributed by atoms with van der Waals surface area (Å²) in [5.41, 5.74) is 0.296. The van der Waals surface area contributed by atoms with E-state index in [9.17, 15) is 4.79 Å². The van der Waals surface area contributed by atoms with Gasteiger partial charge in [0.2, 0.25) is 0 Å². The minimum atomic E-state index is -2.15. The fourth-order valence-corrected chi connectivity index (χ4v) is 5.45. The molecule has 1 aromatic carbocycles. The summed E-state index contributed by atoms with van der Waals surface area (Å²) in [6, 6.07) is 10.2. The standard InChI is InChI=1S/C30H54O5Si/c1-21(2)33-28(34-22(3)4)30(10,11)27(31)24(6)26(35-36(12,13)29(7,8)9)23(5)19-32-20-25-17-15-14-16-18-25/h14-18,21-24,26,28H,19-20H2,1-13H3/t23-,24+,26+/m0/s1. The molecule has 3 atom stereocenters. The Morgan fingerprint density at radius 3 is 1.81 bits per heavy atom. The molecule has 1 aromatic rings. The van der Waals surface area contributed by atoms with Crippen LogP contribution >= 0.6 is 0 Å². The monoisotopic (exact) mass is 522 g/mol.